The Morgan fingerprint density at radius 1 is 1.56 bits per heavy atom. The number of hydrogen-bond donors (Lipinski definition) is 1. The normalized spacial score (nSPS) is 31.1. The molecule has 1 fully saturated rings. The van der Waals surface area contributed by atoms with Crippen LogP contribution in [0.15, 0.2) is 11.6 Å². The minimum absolute atomic E-state index is 0.0176. The zero-order valence-electron chi connectivity index (χ0n) is 10.3. The summed E-state index contributed by atoms with van der Waals surface area (Å²) in [6, 6.07) is 0. The number of thioether (sulfide) groups is 1. The van der Waals surface area contributed by atoms with Crippen molar-refractivity contribution in [1.29, 1.82) is 0 Å². The first kappa shape index (κ1) is 13.6. The van der Waals surface area contributed by atoms with E-state index in [0.29, 0.717) is 11.2 Å². The van der Waals surface area contributed by atoms with E-state index in [1.54, 1.807) is 18.7 Å². The maximum atomic E-state index is 10.7. The summed E-state index contributed by atoms with van der Waals surface area (Å²) >= 11 is 1.73. The highest BCUT2D eigenvalue weighted by Gasteiger charge is 2.34. The number of hydrogen-bond acceptors (Lipinski definition) is 3. The molecule has 3 nitrogen and oxygen atoms in total. The van der Waals surface area contributed by atoms with Crippen molar-refractivity contribution in [2.75, 3.05) is 0 Å². The Balaban J connectivity index is 2.63. The van der Waals surface area contributed by atoms with Crippen LogP contribution >= 0.6 is 11.8 Å². The van der Waals surface area contributed by atoms with E-state index in [1.165, 1.54) is 5.57 Å². The van der Waals surface area contributed by atoms with Crippen LogP contribution in [-0.2, 0) is 9.53 Å². The van der Waals surface area contributed by atoms with Crippen LogP contribution in [0.1, 0.15) is 34.1 Å². The molecule has 0 bridgehead atoms. The van der Waals surface area contributed by atoms with Crippen molar-refractivity contribution in [2.45, 2.75) is 50.9 Å². The third-order valence-corrected chi connectivity index (χ3v) is 3.94. The molecule has 92 valence electrons. The molecule has 1 rings (SSSR count). The zero-order chi connectivity index (χ0) is 12.3. The quantitative estimate of drug-likeness (QED) is 0.772. The first-order chi connectivity index (χ1) is 7.40. The molecular weight excluding hydrogens is 224 g/mol. The van der Waals surface area contributed by atoms with Gasteiger partial charge in [0.25, 0.3) is 0 Å². The number of carboxylic acid groups (broad SMARTS) is 1. The molecule has 1 N–H and O–H groups in total. The highest BCUT2D eigenvalue weighted by Crippen LogP contribution is 2.40. The summed E-state index contributed by atoms with van der Waals surface area (Å²) in [6.45, 7) is 7.87. The van der Waals surface area contributed by atoms with Gasteiger partial charge in [0.1, 0.15) is 5.44 Å². The topological polar surface area (TPSA) is 46.5 Å². The lowest BCUT2D eigenvalue weighted by Gasteiger charge is -2.19. The Labute approximate surface area is 101 Å². The monoisotopic (exact) mass is 244 g/mol. The van der Waals surface area contributed by atoms with Crippen molar-refractivity contribution in [3.63, 3.8) is 0 Å². The van der Waals surface area contributed by atoms with Crippen LogP contribution in [0.2, 0.25) is 0 Å². The van der Waals surface area contributed by atoms with Gasteiger partial charge in [-0.3, -0.25) is 0 Å². The van der Waals surface area contributed by atoms with Gasteiger partial charge in [-0.2, -0.15) is 0 Å². The molecular formula is C12H20O3S. The van der Waals surface area contributed by atoms with Gasteiger partial charge in [0.15, 0.2) is 6.10 Å². The molecule has 4 atom stereocenters. The van der Waals surface area contributed by atoms with Crippen LogP contribution in [0.5, 0.6) is 0 Å². The lowest BCUT2D eigenvalue weighted by Crippen LogP contribution is -2.26. The first-order valence-corrected chi connectivity index (χ1v) is 6.53. The lowest BCUT2D eigenvalue weighted by molar-refractivity contribution is -0.150. The van der Waals surface area contributed by atoms with Crippen LogP contribution in [-0.4, -0.2) is 27.9 Å². The molecule has 0 aromatic rings. The van der Waals surface area contributed by atoms with E-state index in [2.05, 4.69) is 26.8 Å². The molecule has 1 heterocycles. The lowest BCUT2D eigenvalue weighted by atomic mass is 10.0. The molecule has 0 aliphatic carbocycles. The number of rotatable bonds is 4. The minimum Gasteiger partial charge on any atom is -0.479 e. The summed E-state index contributed by atoms with van der Waals surface area (Å²) in [4.78, 5) is 10.7. The van der Waals surface area contributed by atoms with Gasteiger partial charge in [0.05, 0.1) is 0 Å². The van der Waals surface area contributed by atoms with E-state index in [1.807, 2.05) is 0 Å². The van der Waals surface area contributed by atoms with E-state index in [4.69, 9.17) is 9.84 Å². The summed E-state index contributed by atoms with van der Waals surface area (Å²) in [5.74, 6) is -0.553. The first-order valence-electron chi connectivity index (χ1n) is 5.59. The van der Waals surface area contributed by atoms with Gasteiger partial charge in [-0.25, -0.2) is 4.79 Å². The molecule has 1 aliphatic rings. The maximum absolute atomic E-state index is 10.7. The summed E-state index contributed by atoms with van der Waals surface area (Å²) in [6.07, 6.45) is 2.53. The van der Waals surface area contributed by atoms with E-state index in [-0.39, 0.29) is 5.44 Å². The fourth-order valence-electron chi connectivity index (χ4n) is 1.85. The van der Waals surface area contributed by atoms with Gasteiger partial charge in [-0.05, 0) is 27.2 Å². The van der Waals surface area contributed by atoms with E-state index in [9.17, 15) is 4.79 Å². The van der Waals surface area contributed by atoms with Crippen LogP contribution in [0, 0.1) is 5.92 Å². The van der Waals surface area contributed by atoms with Gasteiger partial charge in [0.2, 0.25) is 0 Å². The number of aliphatic carboxylic acids is 1. The summed E-state index contributed by atoms with van der Waals surface area (Å²) in [5, 5.41) is 9.36. The fraction of sp³-hybridized carbons (Fsp3) is 0.750. The predicted molar refractivity (Wildman–Crippen MR) is 66.6 cm³/mol. The van der Waals surface area contributed by atoms with E-state index in [0.717, 1.165) is 6.42 Å². The van der Waals surface area contributed by atoms with Crippen molar-refractivity contribution >= 4 is 17.7 Å². The molecule has 1 saturated heterocycles. The molecule has 0 aromatic carbocycles. The molecule has 0 amide bonds. The third-order valence-electron chi connectivity index (χ3n) is 2.55. The summed E-state index contributed by atoms with van der Waals surface area (Å²) < 4.78 is 5.58. The van der Waals surface area contributed by atoms with E-state index < -0.39 is 12.1 Å². The second-order valence-corrected chi connectivity index (χ2v) is 6.12. The molecule has 4 unspecified atom stereocenters. The molecule has 0 aromatic heterocycles. The molecule has 0 spiro atoms. The maximum Gasteiger partial charge on any atom is 0.332 e. The van der Waals surface area contributed by atoms with Crippen molar-refractivity contribution in [3.8, 4) is 0 Å². The Morgan fingerprint density at radius 3 is 2.69 bits per heavy atom. The zero-order valence-corrected chi connectivity index (χ0v) is 11.1. The fourth-order valence-corrected chi connectivity index (χ4v) is 3.26. The second kappa shape index (κ2) is 5.73. The van der Waals surface area contributed by atoms with Crippen LogP contribution in [0.4, 0.5) is 0 Å². The second-order valence-electron chi connectivity index (χ2n) is 4.58. The van der Waals surface area contributed by atoms with Crippen molar-refractivity contribution in [3.05, 3.63) is 11.6 Å². The Kier molecular flexibility index (Phi) is 4.87. The van der Waals surface area contributed by atoms with Gasteiger partial charge in [0, 0.05) is 11.2 Å². The highest BCUT2D eigenvalue weighted by atomic mass is 32.2. The Morgan fingerprint density at radius 2 is 2.19 bits per heavy atom. The molecule has 16 heavy (non-hydrogen) atoms. The van der Waals surface area contributed by atoms with Gasteiger partial charge in [-0.15, -0.1) is 11.8 Å². The summed E-state index contributed by atoms with van der Waals surface area (Å²) in [7, 11) is 0. The smallest absolute Gasteiger partial charge is 0.332 e. The van der Waals surface area contributed by atoms with Crippen molar-refractivity contribution < 1.29 is 14.6 Å². The highest BCUT2D eigenvalue weighted by molar-refractivity contribution is 8.00. The number of ether oxygens (including phenoxy) is 1. The van der Waals surface area contributed by atoms with Crippen molar-refractivity contribution in [2.24, 2.45) is 5.92 Å². The molecule has 1 aliphatic heterocycles. The molecule has 0 radical (unpaired) electrons. The van der Waals surface area contributed by atoms with Gasteiger partial charge >= 0.3 is 5.97 Å². The minimum atomic E-state index is -0.892. The summed E-state index contributed by atoms with van der Waals surface area (Å²) in [5.41, 5.74) is 1.24. The molecule has 4 heteroatoms. The standard InChI is InChI=1S/C12H20O3S/c1-7(2)5-10-6-8(3)16-12(10)15-9(4)11(13)14/h5,8-10,12H,6H2,1-4H3,(H,13,14). The van der Waals surface area contributed by atoms with Crippen LogP contribution < -0.4 is 0 Å². The number of carbonyl (C=O) groups is 1. The average molecular weight is 244 g/mol. The van der Waals surface area contributed by atoms with Crippen molar-refractivity contribution in [1.82, 2.24) is 0 Å². The van der Waals surface area contributed by atoms with Crippen LogP contribution in [0.3, 0.4) is 0 Å². The van der Waals surface area contributed by atoms with Crippen LogP contribution in [0.25, 0.3) is 0 Å². The number of carboxylic acids is 1. The SMILES string of the molecule is CC(C)=CC1CC(C)SC1OC(C)C(=O)O. The number of allylic oxidation sites excluding steroid dienone is 1. The Hall–Kier alpha value is -0.480. The Bertz CT molecular complexity index is 284. The average Bonchev–Trinajstić information content (AvgIpc) is 2.45. The van der Waals surface area contributed by atoms with Gasteiger partial charge in [-0.1, -0.05) is 18.6 Å². The predicted octanol–water partition coefficient (Wildman–Crippen LogP) is 2.91. The largest absolute Gasteiger partial charge is 0.479 e. The van der Waals surface area contributed by atoms with E-state index >= 15 is 0 Å². The van der Waals surface area contributed by atoms with Gasteiger partial charge < -0.3 is 9.84 Å². The molecule has 0 saturated carbocycles. The third kappa shape index (κ3) is 3.83.